The van der Waals surface area contributed by atoms with Crippen LogP contribution in [0.15, 0.2) is 40.2 Å². The lowest BCUT2D eigenvalue weighted by Crippen LogP contribution is -1.93. The van der Waals surface area contributed by atoms with Crippen LogP contribution in [0.3, 0.4) is 0 Å². The third-order valence-corrected chi connectivity index (χ3v) is 4.03. The van der Waals surface area contributed by atoms with E-state index < -0.39 is 0 Å². The van der Waals surface area contributed by atoms with Crippen LogP contribution in [0.1, 0.15) is 17.0 Å². The van der Waals surface area contributed by atoms with Gasteiger partial charge in [0.05, 0.1) is 5.69 Å². The van der Waals surface area contributed by atoms with Gasteiger partial charge in [-0.05, 0) is 38.3 Å². The Balaban J connectivity index is 2.33. The minimum Gasteiger partial charge on any atom is -0.352 e. The van der Waals surface area contributed by atoms with Crippen LogP contribution in [0.25, 0.3) is 0 Å². The zero-order chi connectivity index (χ0) is 13.1. The normalized spacial score (nSPS) is 11.3. The summed E-state index contributed by atoms with van der Waals surface area (Å²) in [5.41, 5.74) is 4.72. The Morgan fingerprint density at radius 2 is 1.94 bits per heavy atom. The van der Waals surface area contributed by atoms with E-state index in [0.29, 0.717) is 0 Å². The monoisotopic (exact) mass is 258 g/mol. The quantitative estimate of drug-likeness (QED) is 0.598. The van der Waals surface area contributed by atoms with Crippen LogP contribution in [-0.4, -0.2) is 17.0 Å². The molecule has 1 aromatic heterocycles. The van der Waals surface area contributed by atoms with Crippen molar-refractivity contribution in [2.75, 3.05) is 6.26 Å². The van der Waals surface area contributed by atoms with Gasteiger partial charge in [-0.15, -0.1) is 11.8 Å². The van der Waals surface area contributed by atoms with Crippen LogP contribution in [0, 0.1) is 13.8 Å². The van der Waals surface area contributed by atoms with Crippen LogP contribution in [0.4, 0.5) is 5.69 Å². The summed E-state index contributed by atoms with van der Waals surface area (Å²) < 4.78 is 2.18. The van der Waals surface area contributed by atoms with Crippen LogP contribution < -0.4 is 0 Å². The van der Waals surface area contributed by atoms with Crippen molar-refractivity contribution in [1.82, 2.24) is 4.57 Å². The van der Waals surface area contributed by atoms with Crippen LogP contribution in [-0.2, 0) is 7.05 Å². The van der Waals surface area contributed by atoms with Crippen LogP contribution >= 0.6 is 11.8 Å². The molecule has 2 rings (SSSR count). The molecule has 18 heavy (non-hydrogen) atoms. The minimum atomic E-state index is 1.03. The standard InChI is InChI=1S/C15H18N2S/c1-11-9-13(12(2)17(11)3)10-16-14-7-5-6-8-15(14)18-4/h5-10H,1-4H3. The van der Waals surface area contributed by atoms with Crippen molar-refractivity contribution in [2.45, 2.75) is 18.7 Å². The average molecular weight is 258 g/mol. The van der Waals surface area contributed by atoms with Crippen molar-refractivity contribution in [1.29, 1.82) is 0 Å². The molecule has 0 unspecified atom stereocenters. The third kappa shape index (κ3) is 2.51. The summed E-state index contributed by atoms with van der Waals surface area (Å²) in [5, 5.41) is 0. The minimum absolute atomic E-state index is 1.03. The van der Waals surface area contributed by atoms with E-state index in [1.165, 1.54) is 21.8 Å². The lowest BCUT2D eigenvalue weighted by Gasteiger charge is -2.01. The van der Waals surface area contributed by atoms with Gasteiger partial charge in [-0.1, -0.05) is 12.1 Å². The summed E-state index contributed by atoms with van der Waals surface area (Å²) in [6, 6.07) is 10.4. The first-order valence-electron chi connectivity index (χ1n) is 5.93. The highest BCUT2D eigenvalue weighted by Crippen LogP contribution is 2.27. The maximum atomic E-state index is 4.60. The van der Waals surface area contributed by atoms with Crippen LogP contribution in [0.2, 0.25) is 0 Å². The second-order valence-electron chi connectivity index (χ2n) is 4.32. The molecule has 0 radical (unpaired) electrons. The van der Waals surface area contributed by atoms with Crippen molar-refractivity contribution >= 4 is 23.7 Å². The predicted molar refractivity (Wildman–Crippen MR) is 80.4 cm³/mol. The van der Waals surface area contributed by atoms with Gasteiger partial charge in [0, 0.05) is 35.1 Å². The number of aliphatic imine (C=N–C) groups is 1. The third-order valence-electron chi connectivity index (χ3n) is 3.24. The first-order chi connectivity index (χ1) is 8.63. The summed E-state index contributed by atoms with van der Waals surface area (Å²) in [4.78, 5) is 5.81. The average Bonchev–Trinajstić information content (AvgIpc) is 2.64. The van der Waals surface area contributed by atoms with E-state index in [2.05, 4.69) is 48.8 Å². The van der Waals surface area contributed by atoms with Gasteiger partial charge in [-0.2, -0.15) is 0 Å². The Labute approximate surface area is 113 Å². The first-order valence-corrected chi connectivity index (χ1v) is 7.16. The fourth-order valence-electron chi connectivity index (χ4n) is 1.89. The highest BCUT2D eigenvalue weighted by molar-refractivity contribution is 7.98. The van der Waals surface area contributed by atoms with Crippen molar-refractivity contribution in [3.63, 3.8) is 0 Å². The second-order valence-corrected chi connectivity index (χ2v) is 5.16. The topological polar surface area (TPSA) is 17.3 Å². The number of hydrogen-bond acceptors (Lipinski definition) is 2. The van der Waals surface area contributed by atoms with E-state index in [-0.39, 0.29) is 0 Å². The molecule has 0 aliphatic heterocycles. The van der Waals surface area contributed by atoms with Gasteiger partial charge in [0.1, 0.15) is 0 Å². The molecule has 0 bridgehead atoms. The van der Waals surface area contributed by atoms with Crippen molar-refractivity contribution in [3.8, 4) is 0 Å². The summed E-state index contributed by atoms with van der Waals surface area (Å²) in [5.74, 6) is 0. The molecule has 0 amide bonds. The number of hydrogen-bond donors (Lipinski definition) is 0. The maximum absolute atomic E-state index is 4.60. The summed E-state index contributed by atoms with van der Waals surface area (Å²) in [7, 11) is 2.08. The fourth-order valence-corrected chi connectivity index (χ4v) is 2.44. The molecule has 2 aromatic rings. The summed E-state index contributed by atoms with van der Waals surface area (Å²) in [6.45, 7) is 4.23. The van der Waals surface area contributed by atoms with Crippen molar-refractivity contribution < 1.29 is 0 Å². The SMILES string of the molecule is CSc1ccccc1N=Cc1cc(C)n(C)c1C. The van der Waals surface area contributed by atoms with Gasteiger partial charge in [0.2, 0.25) is 0 Å². The highest BCUT2D eigenvalue weighted by atomic mass is 32.2. The maximum Gasteiger partial charge on any atom is 0.0765 e. The molecule has 94 valence electrons. The largest absolute Gasteiger partial charge is 0.352 e. The lowest BCUT2D eigenvalue weighted by molar-refractivity contribution is 0.843. The molecule has 0 aliphatic carbocycles. The molecule has 0 fully saturated rings. The van der Waals surface area contributed by atoms with Crippen molar-refractivity contribution in [3.05, 3.63) is 47.3 Å². The second kappa shape index (κ2) is 5.44. The molecule has 0 saturated carbocycles. The molecule has 2 nitrogen and oxygen atoms in total. The van der Waals surface area contributed by atoms with Gasteiger partial charge in [0.25, 0.3) is 0 Å². The van der Waals surface area contributed by atoms with Gasteiger partial charge < -0.3 is 4.57 Å². The van der Waals surface area contributed by atoms with Crippen molar-refractivity contribution in [2.24, 2.45) is 12.0 Å². The van der Waals surface area contributed by atoms with E-state index in [1.807, 2.05) is 24.4 Å². The molecule has 0 N–H and O–H groups in total. The van der Waals surface area contributed by atoms with Crippen LogP contribution in [0.5, 0.6) is 0 Å². The molecule has 0 aliphatic rings. The molecular formula is C15H18N2S. The smallest absolute Gasteiger partial charge is 0.0765 e. The van der Waals surface area contributed by atoms with Gasteiger partial charge in [0.15, 0.2) is 0 Å². The van der Waals surface area contributed by atoms with E-state index in [4.69, 9.17) is 0 Å². The summed E-state index contributed by atoms with van der Waals surface area (Å²) in [6.07, 6.45) is 4.03. The molecule has 0 atom stereocenters. The predicted octanol–water partition coefficient (Wildman–Crippen LogP) is 4.11. The number of benzene rings is 1. The van der Waals surface area contributed by atoms with Gasteiger partial charge in [-0.3, -0.25) is 4.99 Å². The zero-order valence-electron chi connectivity index (χ0n) is 11.3. The molecule has 1 aromatic carbocycles. The molecule has 0 saturated heterocycles. The van der Waals surface area contributed by atoms with E-state index in [9.17, 15) is 0 Å². The fraction of sp³-hybridized carbons (Fsp3) is 0.267. The van der Waals surface area contributed by atoms with E-state index in [1.54, 1.807) is 11.8 Å². The number of aryl methyl sites for hydroxylation is 1. The Kier molecular flexibility index (Phi) is 3.92. The van der Waals surface area contributed by atoms with Gasteiger partial charge >= 0.3 is 0 Å². The summed E-state index contributed by atoms with van der Waals surface area (Å²) >= 11 is 1.72. The molecular weight excluding hydrogens is 240 g/mol. The number of nitrogens with zero attached hydrogens (tertiary/aromatic N) is 2. The Hall–Kier alpha value is -1.48. The Morgan fingerprint density at radius 3 is 2.56 bits per heavy atom. The Morgan fingerprint density at radius 1 is 1.22 bits per heavy atom. The number of aromatic nitrogens is 1. The zero-order valence-corrected chi connectivity index (χ0v) is 12.1. The molecule has 0 spiro atoms. The number of para-hydroxylation sites is 1. The lowest BCUT2D eigenvalue weighted by atomic mass is 10.2. The molecule has 1 heterocycles. The van der Waals surface area contributed by atoms with E-state index in [0.717, 1.165) is 5.69 Å². The molecule has 3 heteroatoms. The van der Waals surface area contributed by atoms with E-state index >= 15 is 0 Å². The van der Waals surface area contributed by atoms with Gasteiger partial charge in [-0.25, -0.2) is 0 Å². The Bertz CT molecular complexity index is 582. The number of thioether (sulfide) groups is 1. The highest BCUT2D eigenvalue weighted by Gasteiger charge is 2.04. The number of rotatable bonds is 3. The first kappa shape index (κ1) is 13.0.